The van der Waals surface area contributed by atoms with Crippen molar-refractivity contribution < 1.29 is 4.79 Å². The van der Waals surface area contributed by atoms with Crippen molar-refractivity contribution in [3.05, 3.63) is 29.3 Å². The molecule has 4 N–H and O–H groups in total. The van der Waals surface area contributed by atoms with Crippen molar-refractivity contribution in [2.45, 2.75) is 13.8 Å². The number of nitriles is 1. The minimum absolute atomic E-state index is 0.0289. The van der Waals surface area contributed by atoms with Crippen molar-refractivity contribution in [1.82, 2.24) is 5.32 Å². The van der Waals surface area contributed by atoms with Crippen LogP contribution in [0.5, 0.6) is 0 Å². The largest absolute Gasteiger partial charge is 0.370 e. The molecular formula is C13H17N5O. The molecule has 6 heteroatoms. The predicted molar refractivity (Wildman–Crippen MR) is 74.7 cm³/mol. The number of nitrogens with two attached hydrogens (primary N) is 1. The molecule has 0 radical (unpaired) electrons. The summed E-state index contributed by atoms with van der Waals surface area (Å²) in [6, 6.07) is 7.63. The van der Waals surface area contributed by atoms with Crippen LogP contribution in [0.15, 0.2) is 23.2 Å². The van der Waals surface area contributed by atoms with Crippen LogP contribution in [0.25, 0.3) is 0 Å². The van der Waals surface area contributed by atoms with Gasteiger partial charge in [-0.05, 0) is 37.1 Å². The highest BCUT2D eigenvalue weighted by Crippen LogP contribution is 2.13. The van der Waals surface area contributed by atoms with Gasteiger partial charge in [-0.2, -0.15) is 5.26 Å². The maximum Gasteiger partial charge on any atom is 0.242 e. The lowest BCUT2D eigenvalue weighted by molar-refractivity contribution is -0.119. The monoisotopic (exact) mass is 259 g/mol. The van der Waals surface area contributed by atoms with Crippen molar-refractivity contribution in [2.75, 3.05) is 18.4 Å². The topological polar surface area (TPSA) is 103 Å². The van der Waals surface area contributed by atoms with Gasteiger partial charge in [-0.15, -0.1) is 0 Å². The van der Waals surface area contributed by atoms with Crippen molar-refractivity contribution in [3.8, 4) is 6.07 Å². The second-order valence-corrected chi connectivity index (χ2v) is 4.06. The maximum atomic E-state index is 11.2. The van der Waals surface area contributed by atoms with E-state index in [1.165, 1.54) is 5.56 Å². The van der Waals surface area contributed by atoms with Gasteiger partial charge in [0, 0.05) is 5.69 Å². The third-order valence-corrected chi connectivity index (χ3v) is 2.54. The molecule has 100 valence electrons. The number of nitrogens with one attached hydrogen (secondary N) is 2. The van der Waals surface area contributed by atoms with E-state index in [1.807, 2.05) is 38.1 Å². The van der Waals surface area contributed by atoms with Gasteiger partial charge in [0.1, 0.15) is 13.1 Å². The van der Waals surface area contributed by atoms with E-state index in [2.05, 4.69) is 15.6 Å². The Kier molecular flexibility index (Phi) is 5.35. The fraction of sp³-hybridized carbons (Fsp3) is 0.308. The number of benzene rings is 1. The molecule has 0 heterocycles. The van der Waals surface area contributed by atoms with Crippen LogP contribution in [-0.4, -0.2) is 25.0 Å². The lowest BCUT2D eigenvalue weighted by atomic mass is 10.1. The molecule has 1 aromatic rings. The molecule has 0 bridgehead atoms. The van der Waals surface area contributed by atoms with E-state index in [0.717, 1.165) is 11.3 Å². The average molecular weight is 259 g/mol. The number of aryl methyl sites for hydroxylation is 2. The van der Waals surface area contributed by atoms with Gasteiger partial charge in [-0.25, -0.2) is 4.99 Å². The van der Waals surface area contributed by atoms with Crippen LogP contribution in [0.3, 0.4) is 0 Å². The molecule has 19 heavy (non-hydrogen) atoms. The van der Waals surface area contributed by atoms with E-state index in [9.17, 15) is 4.79 Å². The van der Waals surface area contributed by atoms with Gasteiger partial charge in [0.15, 0.2) is 5.96 Å². The van der Waals surface area contributed by atoms with Gasteiger partial charge in [0.05, 0.1) is 6.07 Å². The molecule has 0 unspecified atom stereocenters. The van der Waals surface area contributed by atoms with Gasteiger partial charge in [-0.3, -0.25) is 4.79 Å². The van der Waals surface area contributed by atoms with Crippen LogP contribution >= 0.6 is 0 Å². The Bertz CT molecular complexity index is 530. The standard InChI is InChI=1S/C13H17N5O/c1-9-3-4-11(7-10(9)2)18-13(15)17-8-12(19)16-6-5-14/h3-4,7H,6,8H2,1-2H3,(H,16,19)(H3,15,17,18). The molecule has 0 saturated heterocycles. The molecule has 0 fully saturated rings. The van der Waals surface area contributed by atoms with E-state index < -0.39 is 0 Å². The molecule has 6 nitrogen and oxygen atoms in total. The van der Waals surface area contributed by atoms with Crippen LogP contribution in [0.4, 0.5) is 5.69 Å². The van der Waals surface area contributed by atoms with Crippen LogP contribution in [0.2, 0.25) is 0 Å². The maximum absolute atomic E-state index is 11.2. The summed E-state index contributed by atoms with van der Waals surface area (Å²) in [5, 5.41) is 13.6. The minimum atomic E-state index is -0.341. The van der Waals surface area contributed by atoms with Gasteiger partial charge >= 0.3 is 0 Å². The highest BCUT2D eigenvalue weighted by molar-refractivity contribution is 5.94. The number of aliphatic imine (C=N–C) groups is 1. The number of hydrogen-bond acceptors (Lipinski definition) is 3. The molecule has 0 aromatic heterocycles. The Labute approximate surface area is 112 Å². The highest BCUT2D eigenvalue weighted by Gasteiger charge is 2.00. The molecule has 0 aliphatic heterocycles. The number of carbonyl (C=O) groups excluding carboxylic acids is 1. The number of carbonyl (C=O) groups is 1. The minimum Gasteiger partial charge on any atom is -0.370 e. The van der Waals surface area contributed by atoms with Gasteiger partial charge in [-0.1, -0.05) is 6.07 Å². The normalized spacial score (nSPS) is 10.7. The first-order chi connectivity index (χ1) is 9.02. The van der Waals surface area contributed by atoms with E-state index in [0.29, 0.717) is 0 Å². The lowest BCUT2D eigenvalue weighted by Crippen LogP contribution is -2.29. The van der Waals surface area contributed by atoms with Crippen molar-refractivity contribution in [1.29, 1.82) is 5.26 Å². The molecule has 0 saturated carbocycles. The smallest absolute Gasteiger partial charge is 0.242 e. The summed E-state index contributed by atoms with van der Waals surface area (Å²) >= 11 is 0. The van der Waals surface area contributed by atoms with Gasteiger partial charge < -0.3 is 16.4 Å². The Morgan fingerprint density at radius 3 is 2.79 bits per heavy atom. The SMILES string of the molecule is Cc1ccc(NC(N)=NCC(=O)NCC#N)cc1C. The zero-order valence-electron chi connectivity index (χ0n) is 11.0. The third-order valence-electron chi connectivity index (χ3n) is 2.54. The third kappa shape index (κ3) is 5.08. The number of rotatable bonds is 4. The lowest BCUT2D eigenvalue weighted by Gasteiger charge is -2.08. The van der Waals surface area contributed by atoms with Crippen molar-refractivity contribution in [3.63, 3.8) is 0 Å². The highest BCUT2D eigenvalue weighted by atomic mass is 16.1. The number of anilines is 1. The molecule has 0 spiro atoms. The fourth-order valence-corrected chi connectivity index (χ4v) is 1.36. The van der Waals surface area contributed by atoms with Crippen LogP contribution in [-0.2, 0) is 4.79 Å². The summed E-state index contributed by atoms with van der Waals surface area (Å²) in [5.74, 6) is -0.179. The zero-order valence-corrected chi connectivity index (χ0v) is 11.0. The second kappa shape index (κ2) is 7.01. The first kappa shape index (κ1) is 14.5. The van der Waals surface area contributed by atoms with E-state index in [4.69, 9.17) is 11.0 Å². The molecule has 1 aromatic carbocycles. The Morgan fingerprint density at radius 2 is 2.16 bits per heavy atom. The van der Waals surface area contributed by atoms with Crippen LogP contribution < -0.4 is 16.4 Å². The summed E-state index contributed by atoms with van der Waals surface area (Å²) in [6.45, 7) is 3.89. The average Bonchev–Trinajstić information content (AvgIpc) is 2.38. The molecular weight excluding hydrogens is 242 g/mol. The summed E-state index contributed by atoms with van der Waals surface area (Å²) in [5.41, 5.74) is 8.82. The van der Waals surface area contributed by atoms with Gasteiger partial charge in [0.25, 0.3) is 0 Å². The molecule has 0 atom stereocenters. The Hall–Kier alpha value is -2.55. The van der Waals surface area contributed by atoms with Crippen molar-refractivity contribution >= 4 is 17.6 Å². The molecule has 0 aliphatic rings. The zero-order chi connectivity index (χ0) is 14.3. The summed E-state index contributed by atoms with van der Waals surface area (Å²) < 4.78 is 0. The molecule has 0 aliphatic carbocycles. The number of hydrogen-bond donors (Lipinski definition) is 3. The predicted octanol–water partition coefficient (Wildman–Crippen LogP) is 0.670. The van der Waals surface area contributed by atoms with E-state index >= 15 is 0 Å². The first-order valence-corrected chi connectivity index (χ1v) is 5.80. The molecule has 1 amide bonds. The number of nitrogens with zero attached hydrogens (tertiary/aromatic N) is 2. The molecule has 1 rings (SSSR count). The Morgan fingerprint density at radius 1 is 1.42 bits per heavy atom. The second-order valence-electron chi connectivity index (χ2n) is 4.06. The summed E-state index contributed by atoms with van der Waals surface area (Å²) in [4.78, 5) is 15.1. The van der Waals surface area contributed by atoms with Crippen LogP contribution in [0.1, 0.15) is 11.1 Å². The number of amides is 1. The van der Waals surface area contributed by atoms with Crippen molar-refractivity contribution in [2.24, 2.45) is 10.7 Å². The van der Waals surface area contributed by atoms with Crippen LogP contribution in [0, 0.1) is 25.2 Å². The Balaban J connectivity index is 2.54. The number of guanidine groups is 1. The van der Waals surface area contributed by atoms with Gasteiger partial charge in [0.2, 0.25) is 5.91 Å². The quantitative estimate of drug-likeness (QED) is 0.420. The summed E-state index contributed by atoms with van der Waals surface area (Å²) in [7, 11) is 0. The van der Waals surface area contributed by atoms with E-state index in [-0.39, 0.29) is 25.0 Å². The van der Waals surface area contributed by atoms with E-state index in [1.54, 1.807) is 0 Å². The fourth-order valence-electron chi connectivity index (χ4n) is 1.36. The summed E-state index contributed by atoms with van der Waals surface area (Å²) in [6.07, 6.45) is 0. The first-order valence-electron chi connectivity index (χ1n) is 5.80.